The molecule has 0 aliphatic rings. The Hall–Kier alpha value is -4.12. The van der Waals surface area contributed by atoms with E-state index in [-0.39, 0.29) is 16.3 Å². The lowest BCUT2D eigenvalue weighted by Crippen LogP contribution is -2.41. The van der Waals surface area contributed by atoms with Gasteiger partial charge in [0.05, 0.1) is 35.8 Å². The van der Waals surface area contributed by atoms with Gasteiger partial charge in [-0.05, 0) is 61.9 Å². The normalized spacial score (nSPS) is 11.9. The fourth-order valence-corrected chi connectivity index (χ4v) is 4.97. The molecule has 3 rings (SSSR count). The summed E-state index contributed by atoms with van der Waals surface area (Å²) in [5, 5.41) is 14.2. The predicted octanol–water partition coefficient (Wildman–Crippen LogP) is 3.99. The molecular formula is C25H27N3O7S. The summed E-state index contributed by atoms with van der Waals surface area (Å²) in [6, 6.07) is 16.5. The molecule has 0 aromatic heterocycles. The maximum atomic E-state index is 13.6. The Labute approximate surface area is 209 Å². The first-order valence-electron chi connectivity index (χ1n) is 10.9. The van der Waals surface area contributed by atoms with Crippen LogP contribution in [-0.2, 0) is 14.8 Å². The van der Waals surface area contributed by atoms with E-state index >= 15 is 0 Å². The van der Waals surface area contributed by atoms with Gasteiger partial charge in [0.25, 0.3) is 15.7 Å². The molecule has 1 amide bonds. The number of amides is 1. The summed E-state index contributed by atoms with van der Waals surface area (Å²) < 4.78 is 38.4. The number of carbonyl (C=O) groups excluding carboxylic acids is 1. The molecule has 0 aliphatic heterocycles. The molecule has 36 heavy (non-hydrogen) atoms. The molecule has 190 valence electrons. The number of benzene rings is 3. The third-order valence-electron chi connectivity index (χ3n) is 5.61. The van der Waals surface area contributed by atoms with E-state index in [0.717, 1.165) is 15.9 Å². The lowest BCUT2D eigenvalue weighted by atomic mass is 10.1. The number of sulfonamides is 1. The maximum absolute atomic E-state index is 13.6. The predicted molar refractivity (Wildman–Crippen MR) is 135 cm³/mol. The van der Waals surface area contributed by atoms with Crippen molar-refractivity contribution < 1.29 is 27.6 Å². The van der Waals surface area contributed by atoms with Gasteiger partial charge in [-0.15, -0.1) is 0 Å². The van der Waals surface area contributed by atoms with Crippen LogP contribution in [0, 0.1) is 17.0 Å². The highest BCUT2D eigenvalue weighted by molar-refractivity contribution is 7.92. The highest BCUT2D eigenvalue weighted by Crippen LogP contribution is 2.29. The van der Waals surface area contributed by atoms with E-state index in [1.54, 1.807) is 50.4 Å². The smallest absolute Gasteiger partial charge is 0.273 e. The number of methoxy groups -OCH3 is 2. The second-order valence-corrected chi connectivity index (χ2v) is 9.84. The van der Waals surface area contributed by atoms with Gasteiger partial charge in [-0.3, -0.25) is 19.2 Å². The van der Waals surface area contributed by atoms with Crippen LogP contribution < -0.4 is 19.1 Å². The van der Waals surface area contributed by atoms with Crippen LogP contribution in [0.3, 0.4) is 0 Å². The lowest BCUT2D eigenvalue weighted by Gasteiger charge is -2.25. The van der Waals surface area contributed by atoms with Crippen molar-refractivity contribution in [1.29, 1.82) is 0 Å². The summed E-state index contributed by atoms with van der Waals surface area (Å²) in [5.41, 5.74) is 0.993. The van der Waals surface area contributed by atoms with Crippen molar-refractivity contribution in [1.82, 2.24) is 5.32 Å². The van der Waals surface area contributed by atoms with Gasteiger partial charge in [-0.1, -0.05) is 18.2 Å². The number of aryl methyl sites for hydroxylation is 1. The first-order valence-corrected chi connectivity index (χ1v) is 12.4. The fraction of sp³-hybridized carbons (Fsp3) is 0.240. The van der Waals surface area contributed by atoms with Crippen molar-refractivity contribution >= 4 is 27.3 Å². The Morgan fingerprint density at radius 1 is 1.00 bits per heavy atom. The molecule has 0 aliphatic carbocycles. The first kappa shape index (κ1) is 26.5. The summed E-state index contributed by atoms with van der Waals surface area (Å²) in [6.07, 6.45) is 0. The van der Waals surface area contributed by atoms with Gasteiger partial charge in [0, 0.05) is 11.6 Å². The number of carbonyl (C=O) groups is 1. The minimum absolute atomic E-state index is 0.200. The number of nitro groups is 1. The number of nitrogens with one attached hydrogen (secondary N) is 1. The van der Waals surface area contributed by atoms with Crippen molar-refractivity contribution in [3.05, 3.63) is 88.0 Å². The molecule has 0 bridgehead atoms. The van der Waals surface area contributed by atoms with E-state index in [1.165, 1.54) is 38.3 Å². The van der Waals surface area contributed by atoms with E-state index in [0.29, 0.717) is 17.1 Å². The van der Waals surface area contributed by atoms with Crippen molar-refractivity contribution in [3.63, 3.8) is 0 Å². The molecule has 3 aromatic carbocycles. The zero-order valence-corrected chi connectivity index (χ0v) is 21.1. The highest BCUT2D eigenvalue weighted by atomic mass is 32.2. The number of hydrogen-bond acceptors (Lipinski definition) is 7. The number of nitrogens with zero attached hydrogens (tertiary/aromatic N) is 2. The Morgan fingerprint density at radius 2 is 1.56 bits per heavy atom. The summed E-state index contributed by atoms with van der Waals surface area (Å²) in [6.45, 7) is 2.75. The third kappa shape index (κ3) is 5.92. The van der Waals surface area contributed by atoms with Gasteiger partial charge >= 0.3 is 0 Å². The Balaban J connectivity index is 1.94. The van der Waals surface area contributed by atoms with E-state index < -0.39 is 33.4 Å². The average molecular weight is 514 g/mol. The van der Waals surface area contributed by atoms with Gasteiger partial charge < -0.3 is 14.8 Å². The summed E-state index contributed by atoms with van der Waals surface area (Å²) in [5.74, 6) is 0.611. The molecule has 11 heteroatoms. The number of hydrogen-bond donors (Lipinski definition) is 1. The van der Waals surface area contributed by atoms with Crippen molar-refractivity contribution in [2.75, 3.05) is 25.1 Å². The molecule has 0 spiro atoms. The monoisotopic (exact) mass is 513 g/mol. The van der Waals surface area contributed by atoms with Crippen LogP contribution in [0.5, 0.6) is 11.5 Å². The van der Waals surface area contributed by atoms with Crippen molar-refractivity contribution in [3.8, 4) is 11.5 Å². The second-order valence-electron chi connectivity index (χ2n) is 7.98. The molecule has 0 heterocycles. The molecule has 10 nitrogen and oxygen atoms in total. The number of nitro benzene ring substituents is 1. The van der Waals surface area contributed by atoms with Gasteiger partial charge in [0.15, 0.2) is 0 Å². The Morgan fingerprint density at radius 3 is 2.08 bits per heavy atom. The Bertz CT molecular complexity index is 1340. The lowest BCUT2D eigenvalue weighted by molar-refractivity contribution is -0.385. The molecule has 0 saturated heterocycles. The molecule has 0 radical (unpaired) electrons. The minimum atomic E-state index is -4.34. The van der Waals surface area contributed by atoms with Crippen molar-refractivity contribution in [2.24, 2.45) is 0 Å². The molecule has 0 fully saturated rings. The Kier molecular flexibility index (Phi) is 8.15. The van der Waals surface area contributed by atoms with Gasteiger partial charge in [-0.2, -0.15) is 0 Å². The van der Waals surface area contributed by atoms with Gasteiger partial charge in [0.1, 0.15) is 18.0 Å². The second kappa shape index (κ2) is 11.1. The van der Waals surface area contributed by atoms with E-state index in [9.17, 15) is 23.3 Å². The van der Waals surface area contributed by atoms with Crippen LogP contribution in [0.25, 0.3) is 0 Å². The number of rotatable bonds is 10. The van der Waals surface area contributed by atoms with Crippen LogP contribution >= 0.6 is 0 Å². The van der Waals surface area contributed by atoms with E-state index in [4.69, 9.17) is 9.47 Å². The van der Waals surface area contributed by atoms with Crippen molar-refractivity contribution in [2.45, 2.75) is 24.8 Å². The van der Waals surface area contributed by atoms with Gasteiger partial charge in [0.2, 0.25) is 5.91 Å². The van der Waals surface area contributed by atoms with Crippen LogP contribution in [0.2, 0.25) is 0 Å². The SMILES string of the molecule is COc1ccc(C(C)NC(=O)CN(c2ccc(OC)cc2)S(=O)(=O)c2ccc(C)c([N+](=O)[O-])c2)cc1. The van der Waals surface area contributed by atoms with E-state index in [2.05, 4.69) is 5.32 Å². The zero-order chi connectivity index (χ0) is 26.5. The summed E-state index contributed by atoms with van der Waals surface area (Å²) >= 11 is 0. The zero-order valence-electron chi connectivity index (χ0n) is 20.3. The maximum Gasteiger partial charge on any atom is 0.273 e. The average Bonchev–Trinajstić information content (AvgIpc) is 2.87. The van der Waals surface area contributed by atoms with Crippen LogP contribution in [-0.4, -0.2) is 40.0 Å². The minimum Gasteiger partial charge on any atom is -0.497 e. The molecular weight excluding hydrogens is 486 g/mol. The van der Waals surface area contributed by atoms with Crippen LogP contribution in [0.1, 0.15) is 24.1 Å². The number of anilines is 1. The summed E-state index contributed by atoms with van der Waals surface area (Å²) in [7, 11) is -1.31. The quantitative estimate of drug-likeness (QED) is 0.321. The third-order valence-corrected chi connectivity index (χ3v) is 7.38. The molecule has 1 atom stereocenters. The fourth-order valence-electron chi connectivity index (χ4n) is 3.53. The first-order chi connectivity index (χ1) is 17.1. The molecule has 1 unspecified atom stereocenters. The highest BCUT2D eigenvalue weighted by Gasteiger charge is 2.29. The largest absolute Gasteiger partial charge is 0.497 e. The molecule has 0 saturated carbocycles. The summed E-state index contributed by atoms with van der Waals surface area (Å²) in [4.78, 5) is 23.4. The number of ether oxygens (including phenoxy) is 2. The molecule has 3 aromatic rings. The van der Waals surface area contributed by atoms with Crippen LogP contribution in [0.15, 0.2) is 71.6 Å². The van der Waals surface area contributed by atoms with Gasteiger partial charge in [-0.25, -0.2) is 8.42 Å². The van der Waals surface area contributed by atoms with E-state index in [1.807, 2.05) is 0 Å². The van der Waals surface area contributed by atoms with Crippen LogP contribution in [0.4, 0.5) is 11.4 Å². The molecule has 1 N–H and O–H groups in total. The standard InChI is InChI=1S/C25H27N3O7S/c1-17-5-14-23(15-24(17)28(30)31)36(32,33)27(20-8-12-22(35-4)13-9-20)16-25(29)26-18(2)19-6-10-21(34-3)11-7-19/h5-15,18H,16H2,1-4H3,(H,26,29). The topological polar surface area (TPSA) is 128 Å².